The summed E-state index contributed by atoms with van der Waals surface area (Å²) in [6.45, 7) is 4.20. The molecular formula is C28H38N6O2. The Hall–Kier alpha value is -3.36. The van der Waals surface area contributed by atoms with Crippen LogP contribution >= 0.6 is 0 Å². The molecule has 0 bridgehead atoms. The second kappa shape index (κ2) is 13.1. The highest BCUT2D eigenvalue weighted by Crippen LogP contribution is 2.30. The molecule has 8 nitrogen and oxygen atoms in total. The first-order valence-corrected chi connectivity index (χ1v) is 12.3. The van der Waals surface area contributed by atoms with E-state index >= 15 is 0 Å². The zero-order chi connectivity index (χ0) is 26.1. The average molecular weight is 491 g/mol. The van der Waals surface area contributed by atoms with Gasteiger partial charge in [0.25, 0.3) is 0 Å². The van der Waals surface area contributed by atoms with Crippen molar-refractivity contribution >= 4 is 12.5 Å². The first-order valence-electron chi connectivity index (χ1n) is 12.3. The normalized spacial score (nSPS) is 12.7. The maximum Gasteiger partial charge on any atom is 0.150 e. The van der Waals surface area contributed by atoms with E-state index < -0.39 is 0 Å². The molecule has 192 valence electrons. The third kappa shape index (κ3) is 7.57. The Morgan fingerprint density at radius 1 is 1.28 bits per heavy atom. The molecule has 8 heteroatoms. The lowest BCUT2D eigenvalue weighted by atomic mass is 9.91. The summed E-state index contributed by atoms with van der Waals surface area (Å²) in [6, 6.07) is 7.95. The van der Waals surface area contributed by atoms with Gasteiger partial charge in [0.15, 0.2) is 0 Å². The van der Waals surface area contributed by atoms with E-state index in [1.54, 1.807) is 13.3 Å². The molecule has 2 heterocycles. The van der Waals surface area contributed by atoms with Crippen LogP contribution in [-0.4, -0.2) is 59.9 Å². The second-order valence-corrected chi connectivity index (χ2v) is 9.34. The van der Waals surface area contributed by atoms with Crippen LogP contribution in [-0.2, 0) is 26.6 Å². The van der Waals surface area contributed by atoms with E-state index in [9.17, 15) is 4.79 Å². The fourth-order valence-electron chi connectivity index (χ4n) is 4.14. The SMILES string of the molecule is CNCc1cc(C=O)c(CCN(C)Cc2cc(OC)ccn2)c(-c2cn(C)nc2C)c1.N=CC1CC1. The van der Waals surface area contributed by atoms with E-state index in [0.717, 1.165) is 64.2 Å². The second-order valence-electron chi connectivity index (χ2n) is 9.34. The van der Waals surface area contributed by atoms with Crippen molar-refractivity contribution in [2.75, 3.05) is 27.7 Å². The minimum absolute atomic E-state index is 0.676. The first kappa shape index (κ1) is 27.2. The summed E-state index contributed by atoms with van der Waals surface area (Å²) in [5.74, 6) is 1.48. The van der Waals surface area contributed by atoms with Crippen molar-refractivity contribution in [1.82, 2.24) is 25.0 Å². The highest BCUT2D eigenvalue weighted by atomic mass is 16.5. The number of carbonyl (C=O) groups is 1. The van der Waals surface area contributed by atoms with Gasteiger partial charge in [-0.25, -0.2) is 0 Å². The third-order valence-electron chi connectivity index (χ3n) is 6.21. The molecule has 2 N–H and O–H groups in total. The lowest BCUT2D eigenvalue weighted by Gasteiger charge is -2.19. The van der Waals surface area contributed by atoms with Gasteiger partial charge in [-0.05, 0) is 87.3 Å². The number of ether oxygens (including phenoxy) is 1. The summed E-state index contributed by atoms with van der Waals surface area (Å²) in [4.78, 5) is 18.6. The number of carbonyl (C=O) groups excluding carboxylic acids is 1. The molecule has 0 unspecified atom stereocenters. The molecule has 1 aromatic carbocycles. The molecule has 2 aromatic heterocycles. The van der Waals surface area contributed by atoms with Crippen LogP contribution in [0.15, 0.2) is 36.7 Å². The van der Waals surface area contributed by atoms with Crippen LogP contribution in [0, 0.1) is 18.3 Å². The van der Waals surface area contributed by atoms with E-state index in [-0.39, 0.29) is 0 Å². The van der Waals surface area contributed by atoms with Gasteiger partial charge in [0.05, 0.1) is 18.5 Å². The standard InChI is InChI=1S/C24H31N5O2.C4H7N/c1-17-24(15-29(4)27-17)23-11-18(13-25-2)10-19(16-30)22(23)7-9-28(3)14-20-12-21(31-5)6-8-26-20;5-3-4-1-2-4/h6,8,10-12,15-16,25H,7,9,13-14H2,1-5H3;3-5H,1-2H2. The van der Waals surface area contributed by atoms with Crippen LogP contribution in [0.2, 0.25) is 0 Å². The summed E-state index contributed by atoms with van der Waals surface area (Å²) in [5.41, 5.74) is 6.92. The molecule has 0 saturated heterocycles. The van der Waals surface area contributed by atoms with E-state index in [0.29, 0.717) is 19.0 Å². The predicted molar refractivity (Wildman–Crippen MR) is 144 cm³/mol. The number of pyridine rings is 1. The number of likely N-dealkylation sites (N-methyl/N-ethyl adjacent to an activating group) is 1. The quantitative estimate of drug-likeness (QED) is 0.311. The smallest absolute Gasteiger partial charge is 0.150 e. The number of aldehydes is 1. The molecule has 1 aliphatic carbocycles. The molecule has 1 fully saturated rings. The number of rotatable bonds is 11. The van der Waals surface area contributed by atoms with Gasteiger partial charge in [0, 0.05) is 56.3 Å². The minimum Gasteiger partial charge on any atom is -0.497 e. The number of hydrogen-bond acceptors (Lipinski definition) is 7. The van der Waals surface area contributed by atoms with Gasteiger partial charge in [-0.2, -0.15) is 5.10 Å². The van der Waals surface area contributed by atoms with E-state index in [2.05, 4.69) is 33.4 Å². The molecule has 0 radical (unpaired) electrons. The molecule has 3 aromatic rings. The largest absolute Gasteiger partial charge is 0.497 e. The summed E-state index contributed by atoms with van der Waals surface area (Å²) >= 11 is 0. The molecule has 4 rings (SSSR count). The topological polar surface area (TPSA) is 96.1 Å². The Labute approximate surface area is 214 Å². The number of aromatic nitrogens is 3. The number of nitrogens with zero attached hydrogens (tertiary/aromatic N) is 4. The first-order chi connectivity index (χ1) is 17.4. The van der Waals surface area contributed by atoms with Gasteiger partial charge in [0.2, 0.25) is 0 Å². The summed E-state index contributed by atoms with van der Waals surface area (Å²) in [7, 11) is 7.55. The number of hydrogen-bond donors (Lipinski definition) is 2. The van der Waals surface area contributed by atoms with Crippen molar-refractivity contribution in [2.45, 2.75) is 39.3 Å². The lowest BCUT2D eigenvalue weighted by Crippen LogP contribution is -2.22. The maximum absolute atomic E-state index is 12.0. The van der Waals surface area contributed by atoms with Crippen molar-refractivity contribution in [3.63, 3.8) is 0 Å². The summed E-state index contributed by atoms with van der Waals surface area (Å²) in [5, 5.41) is 14.3. The Morgan fingerprint density at radius 2 is 2.06 bits per heavy atom. The van der Waals surface area contributed by atoms with Crippen LogP contribution < -0.4 is 10.1 Å². The molecule has 0 spiro atoms. The average Bonchev–Trinajstić information content (AvgIpc) is 3.66. The third-order valence-corrected chi connectivity index (χ3v) is 6.21. The Morgan fingerprint density at radius 3 is 2.61 bits per heavy atom. The maximum atomic E-state index is 12.0. The molecule has 1 saturated carbocycles. The lowest BCUT2D eigenvalue weighted by molar-refractivity contribution is 0.112. The van der Waals surface area contributed by atoms with E-state index in [1.807, 2.05) is 50.1 Å². The van der Waals surface area contributed by atoms with Crippen LogP contribution in [0.25, 0.3) is 11.1 Å². The van der Waals surface area contributed by atoms with Gasteiger partial charge in [-0.3, -0.25) is 14.5 Å². The van der Waals surface area contributed by atoms with Gasteiger partial charge < -0.3 is 20.4 Å². The van der Waals surface area contributed by atoms with Gasteiger partial charge >= 0.3 is 0 Å². The van der Waals surface area contributed by atoms with Crippen LogP contribution in [0.3, 0.4) is 0 Å². The fraction of sp³-hybridized carbons (Fsp3) is 0.429. The highest BCUT2D eigenvalue weighted by molar-refractivity contribution is 5.84. The summed E-state index contributed by atoms with van der Waals surface area (Å²) < 4.78 is 7.11. The van der Waals surface area contributed by atoms with Crippen molar-refractivity contribution < 1.29 is 9.53 Å². The zero-order valence-electron chi connectivity index (χ0n) is 22.0. The Bertz CT molecular complexity index is 1170. The van der Waals surface area contributed by atoms with Crippen molar-refractivity contribution in [1.29, 1.82) is 5.41 Å². The number of nitrogens with one attached hydrogen (secondary N) is 2. The molecule has 0 aliphatic heterocycles. The van der Waals surface area contributed by atoms with Crippen molar-refractivity contribution in [3.05, 3.63) is 64.7 Å². The van der Waals surface area contributed by atoms with Gasteiger partial charge in [0.1, 0.15) is 12.0 Å². The number of methoxy groups -OCH3 is 1. The Balaban J connectivity index is 0.000000642. The van der Waals surface area contributed by atoms with E-state index in [1.165, 1.54) is 19.1 Å². The molecule has 0 atom stereocenters. The van der Waals surface area contributed by atoms with Crippen LogP contribution in [0.1, 0.15) is 45.7 Å². The fourth-order valence-corrected chi connectivity index (χ4v) is 4.14. The zero-order valence-corrected chi connectivity index (χ0v) is 22.0. The van der Waals surface area contributed by atoms with Gasteiger partial charge in [-0.15, -0.1) is 0 Å². The predicted octanol–water partition coefficient (Wildman–Crippen LogP) is 4.05. The minimum atomic E-state index is 0.676. The molecule has 36 heavy (non-hydrogen) atoms. The monoisotopic (exact) mass is 490 g/mol. The number of aryl methyl sites for hydroxylation is 2. The van der Waals surface area contributed by atoms with Crippen molar-refractivity contribution in [2.24, 2.45) is 13.0 Å². The van der Waals surface area contributed by atoms with Crippen molar-refractivity contribution in [3.8, 4) is 16.9 Å². The van der Waals surface area contributed by atoms with E-state index in [4.69, 9.17) is 10.1 Å². The summed E-state index contributed by atoms with van der Waals surface area (Å²) in [6.07, 6.45) is 9.56. The Kier molecular flexibility index (Phi) is 9.90. The molecule has 1 aliphatic rings. The van der Waals surface area contributed by atoms with Gasteiger partial charge in [-0.1, -0.05) is 0 Å². The highest BCUT2D eigenvalue weighted by Gasteiger charge is 2.17. The molecule has 0 amide bonds. The van der Waals surface area contributed by atoms with Crippen LogP contribution in [0.4, 0.5) is 0 Å². The molecular weight excluding hydrogens is 452 g/mol. The number of benzene rings is 1. The van der Waals surface area contributed by atoms with Crippen LogP contribution in [0.5, 0.6) is 5.75 Å².